The fraction of sp³-hybridized carbons (Fsp3) is 0.296. The highest BCUT2D eigenvalue weighted by Crippen LogP contribution is 2.37. The molecule has 1 amide bonds. The largest absolute Gasteiger partial charge is 0.494 e. The van der Waals surface area contributed by atoms with Gasteiger partial charge in [0.25, 0.3) is 5.91 Å². The van der Waals surface area contributed by atoms with E-state index in [1.54, 1.807) is 38.1 Å². The minimum absolute atomic E-state index is 0.0257. The van der Waals surface area contributed by atoms with E-state index in [0.717, 1.165) is 6.07 Å². The van der Waals surface area contributed by atoms with Gasteiger partial charge in [-0.15, -0.1) is 0 Å². The first-order valence-electron chi connectivity index (χ1n) is 12.0. The number of methoxy groups -OCH3 is 1. The van der Waals surface area contributed by atoms with E-state index in [1.807, 2.05) is 0 Å². The number of pyridine rings is 1. The van der Waals surface area contributed by atoms with Crippen LogP contribution in [-0.2, 0) is 6.18 Å². The highest BCUT2D eigenvalue weighted by molar-refractivity contribution is 5.98. The summed E-state index contributed by atoms with van der Waals surface area (Å²) in [6.45, 7) is 3.60. The van der Waals surface area contributed by atoms with Crippen LogP contribution >= 0.6 is 0 Å². The van der Waals surface area contributed by atoms with Crippen LogP contribution in [0.3, 0.4) is 0 Å². The van der Waals surface area contributed by atoms with Gasteiger partial charge in [-0.05, 0) is 43.2 Å². The molecule has 4 aromatic rings. The second-order valence-electron chi connectivity index (χ2n) is 8.61. The van der Waals surface area contributed by atoms with Crippen molar-refractivity contribution in [2.24, 2.45) is 5.73 Å². The zero-order valence-electron chi connectivity index (χ0n) is 20.9. The van der Waals surface area contributed by atoms with Gasteiger partial charge in [0.05, 0.1) is 19.2 Å². The maximum Gasteiger partial charge on any atom is 0.433 e. The number of fused-ring (bicyclic) bond motifs is 1. The molecule has 200 valence electrons. The molecule has 0 bridgehead atoms. The summed E-state index contributed by atoms with van der Waals surface area (Å²) in [5.74, 6) is -0.874. The van der Waals surface area contributed by atoms with E-state index in [-0.39, 0.29) is 34.0 Å². The van der Waals surface area contributed by atoms with Crippen LogP contribution in [0.5, 0.6) is 5.75 Å². The first-order chi connectivity index (χ1) is 18.1. The SMILES string of the molecule is CCC(NC(=O)c1nc(-c2ccc(OC)c3nc(C(F)(F)F)ccc23)oc1[C@@H](N)CC)c1ccccc1F. The Balaban J connectivity index is 1.80. The zero-order valence-corrected chi connectivity index (χ0v) is 20.9. The summed E-state index contributed by atoms with van der Waals surface area (Å²) in [6, 6.07) is 9.89. The topological polar surface area (TPSA) is 103 Å². The van der Waals surface area contributed by atoms with E-state index < -0.39 is 35.7 Å². The smallest absolute Gasteiger partial charge is 0.433 e. The molecule has 2 atom stereocenters. The summed E-state index contributed by atoms with van der Waals surface area (Å²) >= 11 is 0. The van der Waals surface area contributed by atoms with Crippen LogP contribution in [0.2, 0.25) is 0 Å². The number of nitrogens with zero attached hydrogens (tertiary/aromatic N) is 2. The molecule has 0 aliphatic heterocycles. The lowest BCUT2D eigenvalue weighted by molar-refractivity contribution is -0.140. The Morgan fingerprint density at radius 2 is 1.82 bits per heavy atom. The average molecular weight is 531 g/mol. The second kappa shape index (κ2) is 10.8. The standard InChI is InChI=1S/C27H26F4N4O3/c1-4-18(32)24-23(25(36)33-19(5-2)16-8-6-7-9-17(16)28)35-26(38-24)15-10-12-20(37-3)22-14(15)11-13-21(34-22)27(29,30)31/h6-13,18-19H,4-5,32H2,1-3H3,(H,33,36)/t18-,19?/m0/s1. The zero-order chi connectivity index (χ0) is 27.6. The summed E-state index contributed by atoms with van der Waals surface area (Å²) in [5.41, 5.74) is 5.62. The van der Waals surface area contributed by atoms with Crippen LogP contribution < -0.4 is 15.8 Å². The van der Waals surface area contributed by atoms with Crippen molar-refractivity contribution in [3.63, 3.8) is 0 Å². The number of carbonyl (C=O) groups excluding carboxylic acids is 1. The van der Waals surface area contributed by atoms with Crippen LogP contribution in [0.25, 0.3) is 22.4 Å². The summed E-state index contributed by atoms with van der Waals surface area (Å²) in [7, 11) is 1.32. The molecular formula is C27H26F4N4O3. The molecule has 0 saturated carbocycles. The number of carbonyl (C=O) groups is 1. The van der Waals surface area contributed by atoms with Crippen molar-refractivity contribution in [2.45, 2.75) is 44.9 Å². The molecule has 38 heavy (non-hydrogen) atoms. The molecule has 11 heteroatoms. The molecule has 0 radical (unpaired) electrons. The lowest BCUT2D eigenvalue weighted by atomic mass is 10.0. The van der Waals surface area contributed by atoms with Gasteiger partial charge in [0.1, 0.15) is 22.8 Å². The van der Waals surface area contributed by atoms with E-state index in [1.165, 1.54) is 25.3 Å². The summed E-state index contributed by atoms with van der Waals surface area (Å²) in [4.78, 5) is 21.5. The van der Waals surface area contributed by atoms with Gasteiger partial charge in [-0.25, -0.2) is 14.4 Å². The fourth-order valence-corrected chi connectivity index (χ4v) is 4.13. The average Bonchev–Trinajstić information content (AvgIpc) is 3.35. The van der Waals surface area contributed by atoms with E-state index in [9.17, 15) is 22.4 Å². The minimum Gasteiger partial charge on any atom is -0.494 e. The third kappa shape index (κ3) is 5.19. The predicted molar refractivity (Wildman–Crippen MR) is 133 cm³/mol. The van der Waals surface area contributed by atoms with Crippen molar-refractivity contribution >= 4 is 16.8 Å². The van der Waals surface area contributed by atoms with Crippen LogP contribution in [0.1, 0.15) is 66.3 Å². The Morgan fingerprint density at radius 3 is 2.45 bits per heavy atom. The van der Waals surface area contributed by atoms with Crippen molar-refractivity contribution in [3.05, 3.63) is 77.1 Å². The van der Waals surface area contributed by atoms with Gasteiger partial charge in [0.2, 0.25) is 5.89 Å². The molecule has 7 nitrogen and oxygen atoms in total. The molecule has 3 N–H and O–H groups in total. The number of alkyl halides is 3. The molecular weight excluding hydrogens is 504 g/mol. The second-order valence-corrected chi connectivity index (χ2v) is 8.61. The van der Waals surface area contributed by atoms with E-state index in [4.69, 9.17) is 14.9 Å². The van der Waals surface area contributed by atoms with Gasteiger partial charge < -0.3 is 20.2 Å². The Bertz CT molecular complexity index is 1470. The Morgan fingerprint density at radius 1 is 1.08 bits per heavy atom. The quantitative estimate of drug-likeness (QED) is 0.258. The third-order valence-corrected chi connectivity index (χ3v) is 6.20. The van der Waals surface area contributed by atoms with E-state index in [2.05, 4.69) is 15.3 Å². The molecule has 0 spiro atoms. The molecule has 0 aliphatic carbocycles. The number of oxazole rings is 1. The van der Waals surface area contributed by atoms with Crippen molar-refractivity contribution < 1.29 is 31.5 Å². The van der Waals surface area contributed by atoms with Gasteiger partial charge in [-0.3, -0.25) is 4.79 Å². The molecule has 0 saturated heterocycles. The number of nitrogens with one attached hydrogen (secondary N) is 1. The normalized spacial score (nSPS) is 13.4. The maximum atomic E-state index is 14.4. The van der Waals surface area contributed by atoms with Crippen molar-refractivity contribution in [1.82, 2.24) is 15.3 Å². The first-order valence-corrected chi connectivity index (χ1v) is 12.0. The Labute approximate surface area is 216 Å². The first kappa shape index (κ1) is 27.1. The molecule has 4 rings (SSSR count). The van der Waals surface area contributed by atoms with E-state index >= 15 is 0 Å². The number of hydrogen-bond donors (Lipinski definition) is 2. The number of amides is 1. The minimum atomic E-state index is -4.65. The van der Waals surface area contributed by atoms with Gasteiger partial charge in [-0.2, -0.15) is 13.2 Å². The van der Waals surface area contributed by atoms with Crippen molar-refractivity contribution in [1.29, 1.82) is 0 Å². The fourth-order valence-electron chi connectivity index (χ4n) is 4.13. The van der Waals surface area contributed by atoms with Gasteiger partial charge in [-0.1, -0.05) is 32.0 Å². The van der Waals surface area contributed by atoms with Gasteiger partial charge in [0.15, 0.2) is 11.5 Å². The number of benzene rings is 2. The van der Waals surface area contributed by atoms with Crippen LogP contribution in [0, 0.1) is 5.82 Å². The van der Waals surface area contributed by atoms with Crippen LogP contribution in [0.15, 0.2) is 52.9 Å². The molecule has 0 aliphatic rings. The third-order valence-electron chi connectivity index (χ3n) is 6.20. The van der Waals surface area contributed by atoms with Crippen LogP contribution in [0.4, 0.5) is 17.6 Å². The summed E-state index contributed by atoms with van der Waals surface area (Å²) in [5, 5.41) is 3.07. The molecule has 1 unspecified atom stereocenters. The lowest BCUT2D eigenvalue weighted by Gasteiger charge is -2.18. The van der Waals surface area contributed by atoms with Gasteiger partial charge >= 0.3 is 6.18 Å². The molecule has 2 heterocycles. The van der Waals surface area contributed by atoms with Crippen molar-refractivity contribution in [2.75, 3.05) is 7.11 Å². The Kier molecular flexibility index (Phi) is 7.68. The Hall–Kier alpha value is -3.99. The highest BCUT2D eigenvalue weighted by atomic mass is 19.4. The van der Waals surface area contributed by atoms with Crippen molar-refractivity contribution in [3.8, 4) is 17.2 Å². The predicted octanol–water partition coefficient (Wildman–Crippen LogP) is 6.35. The maximum absolute atomic E-state index is 14.4. The summed E-state index contributed by atoms with van der Waals surface area (Å²) < 4.78 is 65.5. The van der Waals surface area contributed by atoms with Crippen LogP contribution in [-0.4, -0.2) is 23.0 Å². The van der Waals surface area contributed by atoms with E-state index in [0.29, 0.717) is 24.0 Å². The summed E-state index contributed by atoms with van der Waals surface area (Å²) in [6.07, 6.45) is -3.83. The number of ether oxygens (including phenoxy) is 1. The number of nitrogens with two attached hydrogens (primary N) is 1. The number of hydrogen-bond acceptors (Lipinski definition) is 6. The van der Waals surface area contributed by atoms with Gasteiger partial charge in [0, 0.05) is 16.5 Å². The number of halogens is 4. The highest BCUT2D eigenvalue weighted by Gasteiger charge is 2.33. The molecule has 2 aromatic heterocycles. The molecule has 2 aromatic carbocycles. The monoisotopic (exact) mass is 530 g/mol. The lowest BCUT2D eigenvalue weighted by Crippen LogP contribution is -2.30. The number of rotatable bonds is 8. The number of aromatic nitrogens is 2. The molecule has 0 fully saturated rings.